The first-order chi connectivity index (χ1) is 19.0. The molecule has 41 heavy (non-hydrogen) atoms. The number of phosphoric acid groups is 1. The normalized spacial score (nSPS) is 34.9. The van der Waals surface area contributed by atoms with Gasteiger partial charge in [-0.1, -0.05) is 0 Å². The number of carbonyl (C=O) groups excluding carboxylic acids is 1. The summed E-state index contributed by atoms with van der Waals surface area (Å²) in [7, 11) is -5.48. The fourth-order valence-corrected chi connectivity index (χ4v) is 5.30. The van der Waals surface area contributed by atoms with Gasteiger partial charge in [-0.2, -0.15) is 4.98 Å². The number of carboxylic acids is 1. The second-order valence-electron chi connectivity index (χ2n) is 9.42. The van der Waals surface area contributed by atoms with Gasteiger partial charge in [0.05, 0.1) is 37.5 Å². The minimum absolute atomic E-state index is 0.128. The van der Waals surface area contributed by atoms with Crippen molar-refractivity contribution < 1.29 is 68.2 Å². The van der Waals surface area contributed by atoms with E-state index in [-0.39, 0.29) is 5.82 Å². The van der Waals surface area contributed by atoms with Crippen LogP contribution in [0.2, 0.25) is 0 Å². The molecule has 2 aliphatic heterocycles. The molecular weight excluding hydrogens is 581 g/mol. The van der Waals surface area contributed by atoms with Gasteiger partial charge in [-0.05, 0) is 6.07 Å². The van der Waals surface area contributed by atoms with Gasteiger partial charge in [-0.3, -0.25) is 13.9 Å². The van der Waals surface area contributed by atoms with Gasteiger partial charge in [-0.15, -0.1) is 0 Å². The third-order valence-electron chi connectivity index (χ3n) is 6.38. The summed E-state index contributed by atoms with van der Waals surface area (Å²) in [5.41, 5.74) is 10.1. The average molecular weight is 613 g/mol. The van der Waals surface area contributed by atoms with E-state index in [1.54, 1.807) is 0 Å². The lowest BCUT2D eigenvalue weighted by Gasteiger charge is -2.46. The number of nitrogens with two attached hydrogens (primary N) is 2. The highest BCUT2D eigenvalue weighted by molar-refractivity contribution is 7.47. The lowest BCUT2D eigenvalue weighted by Crippen LogP contribution is -2.68. The molecule has 3 heterocycles. The lowest BCUT2D eigenvalue weighted by molar-refractivity contribution is -0.284. The quantitative estimate of drug-likeness (QED) is 0.104. The molecule has 21 heteroatoms. The van der Waals surface area contributed by atoms with Gasteiger partial charge in [0.1, 0.15) is 30.2 Å². The van der Waals surface area contributed by atoms with E-state index in [0.29, 0.717) is 0 Å². The number of carbonyl (C=O) groups is 2. The molecule has 0 saturated carbocycles. The number of aliphatic carboxylic acids is 1. The summed E-state index contributed by atoms with van der Waals surface area (Å²) in [4.78, 5) is 49.7. The van der Waals surface area contributed by atoms with E-state index in [4.69, 9.17) is 30.0 Å². The first-order valence-electron chi connectivity index (χ1n) is 12.0. The van der Waals surface area contributed by atoms with E-state index < -0.39 is 106 Å². The van der Waals surface area contributed by atoms with Crippen molar-refractivity contribution in [2.75, 3.05) is 18.9 Å². The van der Waals surface area contributed by atoms with E-state index in [0.717, 1.165) is 17.7 Å². The number of anilines is 1. The van der Waals surface area contributed by atoms with Crippen LogP contribution < -0.4 is 22.5 Å². The van der Waals surface area contributed by atoms with Gasteiger partial charge in [0.2, 0.25) is 5.91 Å². The molecule has 9 unspecified atom stereocenters. The number of hydrogen-bond donors (Lipinski definition) is 10. The minimum atomic E-state index is -5.48. The maximum Gasteiger partial charge on any atom is 0.475 e. The van der Waals surface area contributed by atoms with Crippen LogP contribution in [0, 0.1) is 0 Å². The van der Waals surface area contributed by atoms with Gasteiger partial charge in [0.25, 0.3) is 5.79 Å². The van der Waals surface area contributed by atoms with E-state index in [9.17, 15) is 54.5 Å². The Labute approximate surface area is 230 Å². The summed E-state index contributed by atoms with van der Waals surface area (Å²) in [6.07, 6.45) is -12.2. The summed E-state index contributed by atoms with van der Waals surface area (Å²) < 4.78 is 33.9. The fraction of sp³-hybridized carbons (Fsp3) is 0.700. The molecule has 1 aromatic heterocycles. The van der Waals surface area contributed by atoms with Crippen LogP contribution in [0.25, 0.3) is 0 Å². The second-order valence-corrected chi connectivity index (χ2v) is 10.8. The van der Waals surface area contributed by atoms with Crippen molar-refractivity contribution in [3.8, 4) is 0 Å². The Balaban J connectivity index is 1.79. The molecular formula is C20H32N5O15P. The van der Waals surface area contributed by atoms with Crippen LogP contribution in [0.15, 0.2) is 17.1 Å². The molecule has 2 aliphatic rings. The maximum atomic E-state index is 12.8. The van der Waals surface area contributed by atoms with Crippen molar-refractivity contribution in [3.05, 3.63) is 22.7 Å². The number of ether oxygens (including phenoxy) is 2. The van der Waals surface area contributed by atoms with Crippen LogP contribution in [-0.2, 0) is 32.7 Å². The van der Waals surface area contributed by atoms with Crippen LogP contribution in [-0.4, -0.2) is 125 Å². The Kier molecular flexibility index (Phi) is 10.2. The van der Waals surface area contributed by atoms with Crippen molar-refractivity contribution in [2.24, 2.45) is 5.73 Å². The van der Waals surface area contributed by atoms with Crippen LogP contribution in [0.4, 0.5) is 5.82 Å². The Morgan fingerprint density at radius 3 is 2.56 bits per heavy atom. The van der Waals surface area contributed by atoms with E-state index in [1.807, 2.05) is 0 Å². The van der Waals surface area contributed by atoms with Crippen LogP contribution in [0.3, 0.4) is 0 Å². The predicted molar refractivity (Wildman–Crippen MR) is 130 cm³/mol. The highest BCUT2D eigenvalue weighted by atomic mass is 31.2. The number of nitrogens with zero attached hydrogens (tertiary/aromatic N) is 2. The highest BCUT2D eigenvalue weighted by Crippen LogP contribution is 2.51. The smallest absolute Gasteiger partial charge is 0.475 e. The van der Waals surface area contributed by atoms with Gasteiger partial charge < -0.3 is 61.8 Å². The molecule has 232 valence electrons. The van der Waals surface area contributed by atoms with E-state index >= 15 is 0 Å². The molecule has 0 bridgehead atoms. The lowest BCUT2D eigenvalue weighted by atomic mass is 9.88. The molecule has 0 aromatic carbocycles. The number of aliphatic hydroxyl groups excluding tert-OH is 5. The van der Waals surface area contributed by atoms with E-state index in [2.05, 4.69) is 10.3 Å². The zero-order valence-electron chi connectivity index (χ0n) is 21.4. The van der Waals surface area contributed by atoms with Crippen molar-refractivity contribution in [1.29, 1.82) is 0 Å². The summed E-state index contributed by atoms with van der Waals surface area (Å²) >= 11 is 0. The topological polar surface area (TPSA) is 329 Å². The number of nitrogen functional groups attached to an aromatic ring is 1. The average Bonchev–Trinajstić information content (AvgIpc) is 3.16. The number of nitrogens with one attached hydrogen (secondary N) is 1. The summed E-state index contributed by atoms with van der Waals surface area (Å²) in [5.74, 6) is -6.05. The van der Waals surface area contributed by atoms with Crippen LogP contribution in [0.1, 0.15) is 19.6 Å². The Morgan fingerprint density at radius 2 is 2.00 bits per heavy atom. The molecule has 3 rings (SSSR count). The molecule has 2 saturated heterocycles. The van der Waals surface area contributed by atoms with Gasteiger partial charge in [0, 0.05) is 19.5 Å². The van der Waals surface area contributed by atoms with Crippen molar-refractivity contribution >= 4 is 25.5 Å². The third kappa shape index (κ3) is 7.25. The van der Waals surface area contributed by atoms with Crippen LogP contribution >= 0.6 is 7.82 Å². The largest absolute Gasteiger partial charge is 0.477 e. The van der Waals surface area contributed by atoms with Crippen molar-refractivity contribution in [1.82, 2.24) is 14.9 Å². The third-order valence-corrected chi connectivity index (χ3v) is 7.38. The minimum Gasteiger partial charge on any atom is -0.477 e. The maximum absolute atomic E-state index is 12.8. The van der Waals surface area contributed by atoms with Gasteiger partial charge in [-0.25, -0.2) is 18.7 Å². The number of rotatable bonds is 11. The highest BCUT2D eigenvalue weighted by Gasteiger charge is 2.58. The summed E-state index contributed by atoms with van der Waals surface area (Å²) in [5, 5.41) is 63.2. The Morgan fingerprint density at radius 1 is 1.34 bits per heavy atom. The number of aliphatic hydroxyl groups is 5. The van der Waals surface area contributed by atoms with Gasteiger partial charge >= 0.3 is 19.5 Å². The molecule has 0 radical (unpaired) electrons. The molecule has 1 aromatic rings. The molecule has 0 aliphatic carbocycles. The molecule has 11 atom stereocenters. The van der Waals surface area contributed by atoms with Crippen molar-refractivity contribution in [2.45, 2.75) is 74.1 Å². The SMILES string of the molecule is CC(=O)NC1C(O)CC(OP(=O)(O)OCC2OC(n3ccc(N)nc3=O)C(O)C2O)(C(=O)O)OC1[C@H](O)[C@H](N)CO. The number of carboxylic acid groups (broad SMARTS) is 1. The molecule has 12 N–H and O–H groups in total. The molecule has 2 fully saturated rings. The number of aromatic nitrogens is 2. The molecule has 1 amide bonds. The standard InChI is InChI=1S/C20H32N5O15P/c1-7(27)23-12-9(28)4-20(18(32)33,39-16(12)13(29)8(21)5-26)40-41(35,36)37-6-10-14(30)15(31)17(38-10)25-3-2-11(22)24-19(25)34/h2-3,8-10,12-17,26,28-31H,4-6,21H2,1H3,(H,23,27)(H,32,33)(H,35,36)(H2,22,24,34)/t8-,9?,10?,12?,13-,14?,15?,16?,17?,20?/m1/s1. The fourth-order valence-electron chi connectivity index (χ4n) is 4.34. The predicted octanol–water partition coefficient (Wildman–Crippen LogP) is -5.31. The Bertz CT molecular complexity index is 1220. The molecule has 20 nitrogen and oxygen atoms in total. The van der Waals surface area contributed by atoms with E-state index in [1.165, 1.54) is 6.07 Å². The number of amides is 1. The zero-order chi connectivity index (χ0) is 30.9. The molecule has 0 spiro atoms. The van der Waals surface area contributed by atoms with Crippen LogP contribution in [0.5, 0.6) is 0 Å². The zero-order valence-corrected chi connectivity index (χ0v) is 22.3. The number of hydrogen-bond acceptors (Lipinski definition) is 16. The summed E-state index contributed by atoms with van der Waals surface area (Å²) in [6.45, 7) is -0.774. The Hall–Kier alpha value is -2.59. The monoisotopic (exact) mass is 613 g/mol. The first-order valence-corrected chi connectivity index (χ1v) is 13.5. The van der Waals surface area contributed by atoms with Gasteiger partial charge in [0.15, 0.2) is 6.23 Å². The summed E-state index contributed by atoms with van der Waals surface area (Å²) in [6, 6.07) is -1.74. The van der Waals surface area contributed by atoms with Crippen molar-refractivity contribution in [3.63, 3.8) is 0 Å². The number of phosphoric ester groups is 1. The first kappa shape index (κ1) is 32.9. The second kappa shape index (κ2) is 12.7.